The molecule has 2 aromatic rings. The van der Waals surface area contributed by atoms with E-state index >= 15 is 0 Å². The zero-order valence-electron chi connectivity index (χ0n) is 12.4. The van der Waals surface area contributed by atoms with E-state index in [1.807, 2.05) is 26.2 Å². The first-order chi connectivity index (χ1) is 10.3. The third-order valence-electron chi connectivity index (χ3n) is 3.05. The molecule has 1 fully saturated rings. The molecule has 3 rings (SSSR count). The Morgan fingerprint density at radius 2 is 1.81 bits per heavy atom. The summed E-state index contributed by atoms with van der Waals surface area (Å²) in [5.74, 6) is 2.02. The third kappa shape index (κ3) is 4.68. The molecule has 1 saturated carbocycles. The van der Waals surface area contributed by atoms with Gasteiger partial charge < -0.3 is 10.1 Å². The van der Waals surface area contributed by atoms with Crippen molar-refractivity contribution in [3.8, 4) is 11.6 Å². The molecular weight excluding hydrogens is 264 g/mol. The van der Waals surface area contributed by atoms with Crippen molar-refractivity contribution in [2.24, 2.45) is 0 Å². The molecule has 0 saturated heterocycles. The molecule has 0 unspecified atom stereocenters. The van der Waals surface area contributed by atoms with E-state index in [0.717, 1.165) is 18.0 Å². The second kappa shape index (κ2) is 7.55. The van der Waals surface area contributed by atoms with E-state index in [1.54, 1.807) is 12.1 Å². The van der Waals surface area contributed by atoms with Crippen LogP contribution in [0.5, 0.6) is 11.6 Å². The van der Waals surface area contributed by atoms with Crippen molar-refractivity contribution in [3.05, 3.63) is 53.7 Å². The number of benzene rings is 1. The molecule has 1 aromatic carbocycles. The number of rotatable bonds is 4. The lowest BCUT2D eigenvalue weighted by atomic mass is 10.1. The van der Waals surface area contributed by atoms with Gasteiger partial charge in [-0.25, -0.2) is 4.98 Å². The number of aromatic nitrogens is 1. The number of pyridine rings is 1. The minimum absolute atomic E-state index is 0.500. The SMILES string of the molecule is CNC.O=Cc1ccc(Oc2ccc(C3CC3)cc2)nc1. The van der Waals surface area contributed by atoms with Crippen molar-refractivity contribution >= 4 is 6.29 Å². The van der Waals surface area contributed by atoms with Crippen LogP contribution in [0, 0.1) is 0 Å². The number of aldehydes is 1. The Morgan fingerprint density at radius 3 is 2.29 bits per heavy atom. The predicted molar refractivity (Wildman–Crippen MR) is 83.1 cm³/mol. The van der Waals surface area contributed by atoms with Crippen LogP contribution in [-0.2, 0) is 0 Å². The Kier molecular flexibility index (Phi) is 5.46. The summed E-state index contributed by atoms with van der Waals surface area (Å²) in [5.41, 5.74) is 1.93. The van der Waals surface area contributed by atoms with E-state index in [9.17, 15) is 4.79 Å². The molecule has 0 atom stereocenters. The zero-order valence-corrected chi connectivity index (χ0v) is 12.4. The molecule has 0 amide bonds. The smallest absolute Gasteiger partial charge is 0.219 e. The molecule has 21 heavy (non-hydrogen) atoms. The monoisotopic (exact) mass is 284 g/mol. The molecule has 1 heterocycles. The maximum Gasteiger partial charge on any atom is 0.219 e. The Bertz CT molecular complexity index is 560. The normalized spacial score (nSPS) is 13.0. The molecule has 1 N–H and O–H groups in total. The van der Waals surface area contributed by atoms with Gasteiger partial charge in [-0.15, -0.1) is 0 Å². The fraction of sp³-hybridized carbons (Fsp3) is 0.294. The lowest BCUT2D eigenvalue weighted by Crippen LogP contribution is -1.89. The first-order valence-electron chi connectivity index (χ1n) is 7.04. The van der Waals surface area contributed by atoms with Gasteiger partial charge in [0, 0.05) is 17.8 Å². The summed E-state index contributed by atoms with van der Waals surface area (Å²) in [6.07, 6.45) is 4.87. The summed E-state index contributed by atoms with van der Waals surface area (Å²) in [5, 5.41) is 2.75. The van der Waals surface area contributed by atoms with E-state index in [-0.39, 0.29) is 0 Å². The van der Waals surface area contributed by atoms with Gasteiger partial charge in [-0.05, 0) is 56.6 Å². The van der Waals surface area contributed by atoms with Crippen LogP contribution in [0.2, 0.25) is 0 Å². The summed E-state index contributed by atoms with van der Waals surface area (Å²) in [4.78, 5) is 14.6. The van der Waals surface area contributed by atoms with Gasteiger partial charge in [-0.2, -0.15) is 0 Å². The summed E-state index contributed by atoms with van der Waals surface area (Å²) < 4.78 is 5.61. The number of hydrogen-bond acceptors (Lipinski definition) is 4. The van der Waals surface area contributed by atoms with Gasteiger partial charge in [-0.1, -0.05) is 12.1 Å². The van der Waals surface area contributed by atoms with Crippen LogP contribution in [0.4, 0.5) is 0 Å². The molecule has 1 aromatic heterocycles. The van der Waals surface area contributed by atoms with Crippen molar-refractivity contribution in [2.75, 3.05) is 14.1 Å². The van der Waals surface area contributed by atoms with Crippen LogP contribution >= 0.6 is 0 Å². The van der Waals surface area contributed by atoms with Crippen LogP contribution in [0.3, 0.4) is 0 Å². The van der Waals surface area contributed by atoms with Crippen LogP contribution in [-0.4, -0.2) is 25.4 Å². The first-order valence-corrected chi connectivity index (χ1v) is 7.04. The molecule has 0 aliphatic heterocycles. The fourth-order valence-corrected chi connectivity index (χ4v) is 1.87. The average molecular weight is 284 g/mol. The van der Waals surface area contributed by atoms with E-state index in [2.05, 4.69) is 22.4 Å². The largest absolute Gasteiger partial charge is 0.439 e. The van der Waals surface area contributed by atoms with Crippen molar-refractivity contribution in [3.63, 3.8) is 0 Å². The van der Waals surface area contributed by atoms with Gasteiger partial charge in [0.25, 0.3) is 0 Å². The van der Waals surface area contributed by atoms with Gasteiger partial charge >= 0.3 is 0 Å². The third-order valence-corrected chi connectivity index (χ3v) is 3.05. The van der Waals surface area contributed by atoms with Crippen molar-refractivity contribution < 1.29 is 9.53 Å². The number of hydrogen-bond donors (Lipinski definition) is 1. The Morgan fingerprint density at radius 1 is 1.14 bits per heavy atom. The molecule has 4 nitrogen and oxygen atoms in total. The van der Waals surface area contributed by atoms with E-state index < -0.39 is 0 Å². The Labute approximate surface area is 125 Å². The molecule has 1 aliphatic rings. The standard InChI is InChI=1S/C15H13NO2.C2H7N/c17-10-11-1-8-15(16-9-11)18-14-6-4-13(5-7-14)12-2-3-12;1-3-2/h1,4-10,12H,2-3H2;3H,1-2H3. The number of carbonyl (C=O) groups is 1. The zero-order chi connectivity index (χ0) is 15.1. The van der Waals surface area contributed by atoms with Crippen molar-refractivity contribution in [1.82, 2.24) is 10.3 Å². The van der Waals surface area contributed by atoms with E-state index in [4.69, 9.17) is 4.74 Å². The lowest BCUT2D eigenvalue weighted by Gasteiger charge is -2.05. The quantitative estimate of drug-likeness (QED) is 0.874. The fourth-order valence-electron chi connectivity index (χ4n) is 1.87. The number of carbonyl (C=O) groups excluding carboxylic acids is 1. The van der Waals surface area contributed by atoms with Crippen LogP contribution in [0.1, 0.15) is 34.7 Å². The maximum absolute atomic E-state index is 10.5. The van der Waals surface area contributed by atoms with Gasteiger partial charge in [-0.3, -0.25) is 4.79 Å². The second-order valence-corrected chi connectivity index (χ2v) is 4.99. The predicted octanol–water partition coefficient (Wildman–Crippen LogP) is 3.40. The van der Waals surface area contributed by atoms with Gasteiger partial charge in [0.2, 0.25) is 5.88 Å². The van der Waals surface area contributed by atoms with Crippen LogP contribution in [0.25, 0.3) is 0 Å². The highest BCUT2D eigenvalue weighted by Crippen LogP contribution is 2.40. The van der Waals surface area contributed by atoms with Gasteiger partial charge in [0.05, 0.1) is 0 Å². The molecular formula is C17H20N2O2. The molecule has 110 valence electrons. The number of nitrogens with one attached hydrogen (secondary N) is 1. The lowest BCUT2D eigenvalue weighted by molar-refractivity contribution is 0.112. The Balaban J connectivity index is 0.000000497. The highest BCUT2D eigenvalue weighted by Gasteiger charge is 2.22. The summed E-state index contributed by atoms with van der Waals surface area (Å²) in [6, 6.07) is 11.5. The molecule has 4 heteroatoms. The molecule has 0 radical (unpaired) electrons. The van der Waals surface area contributed by atoms with Crippen LogP contribution < -0.4 is 10.1 Å². The maximum atomic E-state index is 10.5. The number of ether oxygens (including phenoxy) is 1. The summed E-state index contributed by atoms with van der Waals surface area (Å²) >= 11 is 0. The minimum Gasteiger partial charge on any atom is -0.439 e. The second-order valence-electron chi connectivity index (χ2n) is 4.99. The minimum atomic E-state index is 0.500. The summed E-state index contributed by atoms with van der Waals surface area (Å²) in [7, 11) is 3.75. The van der Waals surface area contributed by atoms with Crippen molar-refractivity contribution in [2.45, 2.75) is 18.8 Å². The van der Waals surface area contributed by atoms with Gasteiger partial charge in [0.1, 0.15) is 5.75 Å². The molecule has 0 spiro atoms. The molecule has 0 bridgehead atoms. The average Bonchev–Trinajstić information content (AvgIpc) is 3.34. The number of nitrogens with zero attached hydrogens (tertiary/aromatic N) is 1. The molecule has 1 aliphatic carbocycles. The Hall–Kier alpha value is -2.20. The first kappa shape index (κ1) is 15.2. The highest BCUT2D eigenvalue weighted by molar-refractivity contribution is 5.74. The van der Waals surface area contributed by atoms with Crippen LogP contribution in [0.15, 0.2) is 42.6 Å². The topological polar surface area (TPSA) is 51.2 Å². The van der Waals surface area contributed by atoms with E-state index in [1.165, 1.54) is 24.6 Å². The van der Waals surface area contributed by atoms with E-state index in [0.29, 0.717) is 11.4 Å². The summed E-state index contributed by atoms with van der Waals surface area (Å²) in [6.45, 7) is 0. The van der Waals surface area contributed by atoms with Crippen molar-refractivity contribution in [1.29, 1.82) is 0 Å². The van der Waals surface area contributed by atoms with Gasteiger partial charge in [0.15, 0.2) is 6.29 Å². The highest BCUT2D eigenvalue weighted by atomic mass is 16.5.